The summed E-state index contributed by atoms with van der Waals surface area (Å²) < 4.78 is 5.60. The van der Waals surface area contributed by atoms with Gasteiger partial charge >= 0.3 is 0 Å². The molecule has 1 aromatic carbocycles. The number of piperidine rings is 1. The van der Waals surface area contributed by atoms with Crippen molar-refractivity contribution < 1.29 is 4.74 Å². The molecule has 1 fully saturated rings. The smallest absolute Gasteiger partial charge is 0.224 e. The van der Waals surface area contributed by atoms with Gasteiger partial charge in [-0.2, -0.15) is 9.97 Å². The summed E-state index contributed by atoms with van der Waals surface area (Å²) in [5.41, 5.74) is 14.0. The second kappa shape index (κ2) is 7.81. The van der Waals surface area contributed by atoms with E-state index in [0.717, 1.165) is 44.0 Å². The lowest BCUT2D eigenvalue weighted by molar-refractivity contribution is 0.202. The number of rotatable bonds is 5. The summed E-state index contributed by atoms with van der Waals surface area (Å²) in [7, 11) is 0. The van der Waals surface area contributed by atoms with Crippen LogP contribution in [0.1, 0.15) is 37.1 Å². The van der Waals surface area contributed by atoms with Gasteiger partial charge in [0.1, 0.15) is 17.1 Å². The number of benzene rings is 1. The van der Waals surface area contributed by atoms with Crippen LogP contribution >= 0.6 is 11.6 Å². The first-order valence-electron chi connectivity index (χ1n) is 9.45. The standard InChI is InChI=1S/C19H24ClN7O/c1-2-28-14-9-11(3-4-13(14)20)10-27-7-5-12(6-8-27)17-23-15-16(21)24-19(22)26-18(15)25-17/h3-4,9,12H,2,5-8,10H2,1H3,(H5,21,22,23,24,25,26). The zero-order valence-corrected chi connectivity index (χ0v) is 16.5. The van der Waals surface area contributed by atoms with Crippen LogP contribution in [-0.2, 0) is 6.54 Å². The molecule has 0 unspecified atom stereocenters. The van der Waals surface area contributed by atoms with Crippen molar-refractivity contribution in [2.24, 2.45) is 0 Å². The minimum atomic E-state index is 0.146. The minimum Gasteiger partial charge on any atom is -0.492 e. The molecule has 3 aromatic rings. The topological polar surface area (TPSA) is 119 Å². The first-order chi connectivity index (χ1) is 13.5. The van der Waals surface area contributed by atoms with Crippen LogP contribution in [0, 0.1) is 0 Å². The number of likely N-dealkylation sites (tertiary alicyclic amines) is 1. The van der Waals surface area contributed by atoms with Crippen LogP contribution in [0.4, 0.5) is 11.8 Å². The number of hydrogen-bond acceptors (Lipinski definition) is 7. The van der Waals surface area contributed by atoms with E-state index in [1.54, 1.807) is 0 Å². The molecule has 5 N–H and O–H groups in total. The molecule has 0 radical (unpaired) electrons. The van der Waals surface area contributed by atoms with E-state index >= 15 is 0 Å². The predicted octanol–water partition coefficient (Wildman–Crippen LogP) is 2.95. The molecule has 0 aliphatic carbocycles. The molecule has 0 atom stereocenters. The lowest BCUT2D eigenvalue weighted by Gasteiger charge is -2.31. The molecule has 28 heavy (non-hydrogen) atoms. The van der Waals surface area contributed by atoms with Gasteiger partial charge in [0.05, 0.1) is 11.6 Å². The van der Waals surface area contributed by atoms with Gasteiger partial charge in [-0.1, -0.05) is 17.7 Å². The fourth-order valence-corrected chi connectivity index (χ4v) is 3.85. The summed E-state index contributed by atoms with van der Waals surface area (Å²) in [4.78, 5) is 18.5. The average Bonchev–Trinajstić information content (AvgIpc) is 3.10. The molecular formula is C19H24ClN7O. The number of nitrogens with one attached hydrogen (secondary N) is 1. The predicted molar refractivity (Wildman–Crippen MR) is 110 cm³/mol. The van der Waals surface area contributed by atoms with Gasteiger partial charge in [-0.3, -0.25) is 4.90 Å². The van der Waals surface area contributed by atoms with Crippen LogP contribution in [0.2, 0.25) is 5.02 Å². The molecule has 0 amide bonds. The third-order valence-corrected chi connectivity index (χ3v) is 5.40. The number of imidazole rings is 1. The van der Waals surface area contributed by atoms with E-state index in [-0.39, 0.29) is 5.95 Å². The fourth-order valence-electron chi connectivity index (χ4n) is 3.68. The first kappa shape index (κ1) is 18.8. The van der Waals surface area contributed by atoms with E-state index in [0.29, 0.717) is 34.5 Å². The van der Waals surface area contributed by atoms with E-state index in [9.17, 15) is 0 Å². The van der Waals surface area contributed by atoms with Gasteiger partial charge in [0, 0.05) is 12.5 Å². The number of halogens is 1. The zero-order chi connectivity index (χ0) is 19.7. The van der Waals surface area contributed by atoms with Crippen LogP contribution in [0.25, 0.3) is 11.2 Å². The molecule has 148 valence electrons. The number of nitrogen functional groups attached to an aromatic ring is 2. The molecule has 8 nitrogen and oxygen atoms in total. The number of nitrogens with two attached hydrogens (primary N) is 2. The highest BCUT2D eigenvalue weighted by Crippen LogP contribution is 2.30. The molecule has 1 saturated heterocycles. The Morgan fingerprint density at radius 3 is 2.75 bits per heavy atom. The van der Waals surface area contributed by atoms with Gasteiger partial charge in [-0.25, -0.2) is 4.98 Å². The van der Waals surface area contributed by atoms with Gasteiger partial charge in [-0.05, 0) is 50.6 Å². The van der Waals surface area contributed by atoms with Crippen molar-refractivity contribution in [2.45, 2.75) is 32.2 Å². The average molecular weight is 402 g/mol. The Bertz CT molecular complexity index is 982. The molecule has 9 heteroatoms. The largest absolute Gasteiger partial charge is 0.492 e. The van der Waals surface area contributed by atoms with Gasteiger partial charge < -0.3 is 21.2 Å². The quantitative estimate of drug-likeness (QED) is 0.601. The normalized spacial score (nSPS) is 15.9. The number of anilines is 2. The zero-order valence-electron chi connectivity index (χ0n) is 15.8. The molecule has 1 aliphatic rings. The number of aromatic nitrogens is 4. The molecule has 4 rings (SSSR count). The van der Waals surface area contributed by atoms with Crippen LogP contribution < -0.4 is 16.2 Å². The van der Waals surface area contributed by atoms with E-state index in [1.807, 2.05) is 19.1 Å². The van der Waals surface area contributed by atoms with Crippen molar-refractivity contribution in [1.82, 2.24) is 24.8 Å². The molecule has 0 saturated carbocycles. The third-order valence-electron chi connectivity index (χ3n) is 5.09. The van der Waals surface area contributed by atoms with E-state index in [4.69, 9.17) is 27.8 Å². The molecule has 3 heterocycles. The Morgan fingerprint density at radius 2 is 2.00 bits per heavy atom. The molecule has 2 aromatic heterocycles. The summed E-state index contributed by atoms with van der Waals surface area (Å²) in [6, 6.07) is 5.99. The fraction of sp³-hybridized carbons (Fsp3) is 0.421. The second-order valence-corrected chi connectivity index (χ2v) is 7.44. The maximum atomic E-state index is 6.18. The van der Waals surface area contributed by atoms with E-state index < -0.39 is 0 Å². The summed E-state index contributed by atoms with van der Waals surface area (Å²) >= 11 is 6.18. The van der Waals surface area contributed by atoms with E-state index in [2.05, 4.69) is 30.9 Å². The van der Waals surface area contributed by atoms with Crippen molar-refractivity contribution >= 4 is 34.5 Å². The molecule has 1 aliphatic heterocycles. The number of ether oxygens (including phenoxy) is 1. The highest BCUT2D eigenvalue weighted by atomic mass is 35.5. The van der Waals surface area contributed by atoms with Crippen molar-refractivity contribution in [3.63, 3.8) is 0 Å². The maximum Gasteiger partial charge on any atom is 0.224 e. The van der Waals surface area contributed by atoms with Crippen molar-refractivity contribution in [3.8, 4) is 5.75 Å². The van der Waals surface area contributed by atoms with E-state index in [1.165, 1.54) is 5.56 Å². The Morgan fingerprint density at radius 1 is 1.21 bits per heavy atom. The number of aromatic amines is 1. The van der Waals surface area contributed by atoms with Gasteiger partial charge in [0.15, 0.2) is 11.5 Å². The highest BCUT2D eigenvalue weighted by Gasteiger charge is 2.24. The van der Waals surface area contributed by atoms with Crippen LogP contribution in [0.5, 0.6) is 5.75 Å². The Labute approximate surface area is 168 Å². The summed E-state index contributed by atoms with van der Waals surface area (Å²) in [6.45, 7) is 5.40. The SMILES string of the molecule is CCOc1cc(CN2CCC(c3nc4nc(N)nc(N)c4[nH]3)CC2)ccc1Cl. The van der Waals surface area contributed by atoms with Crippen molar-refractivity contribution in [1.29, 1.82) is 0 Å². The Kier molecular flexibility index (Phi) is 5.23. The second-order valence-electron chi connectivity index (χ2n) is 7.04. The highest BCUT2D eigenvalue weighted by molar-refractivity contribution is 6.32. The van der Waals surface area contributed by atoms with Crippen molar-refractivity contribution in [2.75, 3.05) is 31.2 Å². The van der Waals surface area contributed by atoms with Gasteiger partial charge in [-0.15, -0.1) is 0 Å². The third kappa shape index (κ3) is 3.83. The van der Waals surface area contributed by atoms with Gasteiger partial charge in [0.2, 0.25) is 5.95 Å². The van der Waals surface area contributed by atoms with Crippen molar-refractivity contribution in [3.05, 3.63) is 34.6 Å². The van der Waals surface area contributed by atoms with Crippen LogP contribution in [0.15, 0.2) is 18.2 Å². The van der Waals surface area contributed by atoms with Gasteiger partial charge in [0.25, 0.3) is 0 Å². The Hall–Kier alpha value is -2.58. The molecular weight excluding hydrogens is 378 g/mol. The minimum absolute atomic E-state index is 0.146. The summed E-state index contributed by atoms with van der Waals surface area (Å²) in [5.74, 6) is 2.48. The number of fused-ring (bicyclic) bond motifs is 1. The monoisotopic (exact) mass is 401 g/mol. The number of nitrogens with zero attached hydrogens (tertiary/aromatic N) is 4. The molecule has 0 spiro atoms. The Balaban J connectivity index is 1.41. The first-order valence-corrected chi connectivity index (χ1v) is 9.83. The van der Waals surface area contributed by atoms with Crippen LogP contribution in [-0.4, -0.2) is 44.5 Å². The van der Waals surface area contributed by atoms with Crippen LogP contribution in [0.3, 0.4) is 0 Å². The molecule has 0 bridgehead atoms. The summed E-state index contributed by atoms with van der Waals surface area (Å²) in [6.07, 6.45) is 2.02. The summed E-state index contributed by atoms with van der Waals surface area (Å²) in [5, 5.41) is 0.650. The lowest BCUT2D eigenvalue weighted by atomic mass is 9.96. The lowest BCUT2D eigenvalue weighted by Crippen LogP contribution is -2.32. The number of H-pyrrole nitrogens is 1. The number of hydrogen-bond donors (Lipinski definition) is 3. The maximum absolute atomic E-state index is 6.18.